The summed E-state index contributed by atoms with van der Waals surface area (Å²) in [7, 11) is 7.88. The summed E-state index contributed by atoms with van der Waals surface area (Å²) in [5, 5.41) is 8.80. The van der Waals surface area contributed by atoms with E-state index in [0.29, 0.717) is 5.92 Å². The zero-order valence-electron chi connectivity index (χ0n) is 26.9. The molecule has 0 amide bonds. The number of rotatable bonds is 4. The van der Waals surface area contributed by atoms with Crippen LogP contribution in [-0.4, -0.2) is 25.7 Å². The van der Waals surface area contributed by atoms with E-state index in [9.17, 15) is 0 Å². The second-order valence-electron chi connectivity index (χ2n) is 13.7. The molecule has 0 nitrogen and oxygen atoms in total. The van der Waals surface area contributed by atoms with Gasteiger partial charge in [0.25, 0.3) is 0 Å². The molecule has 220 valence electrons. The van der Waals surface area contributed by atoms with E-state index in [4.69, 9.17) is 17.0 Å². The monoisotopic (exact) mass is 730 g/mol. The van der Waals surface area contributed by atoms with E-state index in [1.165, 1.54) is 54.5 Å². The molecule has 0 N–H and O–H groups in total. The van der Waals surface area contributed by atoms with Gasteiger partial charge in [0.2, 0.25) is 0 Å². The fourth-order valence-corrected chi connectivity index (χ4v) is 9.42. The van der Waals surface area contributed by atoms with Crippen molar-refractivity contribution in [2.75, 3.05) is 0 Å². The normalized spacial score (nSPS) is 12.1. The zero-order valence-corrected chi connectivity index (χ0v) is 33.9. The van der Waals surface area contributed by atoms with Crippen molar-refractivity contribution in [2.45, 2.75) is 66.0 Å². The minimum absolute atomic E-state index is 0.519. The van der Waals surface area contributed by atoms with E-state index in [-0.39, 0.29) is 0 Å². The quantitative estimate of drug-likeness (QED) is 0.125. The van der Waals surface area contributed by atoms with Crippen LogP contribution in [0.25, 0.3) is 33.0 Å². The molecule has 6 rings (SSSR count). The van der Waals surface area contributed by atoms with E-state index in [1.54, 1.807) is 10.4 Å². The largest absolute Gasteiger partial charge is 0.184 e. The number of fused-ring (bicyclic) bond motifs is 4. The Bertz CT molecular complexity index is 1630. The molecule has 6 heteroatoms. The molecule has 1 aliphatic rings. The van der Waals surface area contributed by atoms with Gasteiger partial charge in [0, 0.05) is 0 Å². The van der Waals surface area contributed by atoms with Gasteiger partial charge in [0.15, 0.2) is 0 Å². The average molecular weight is 733 g/mol. The van der Waals surface area contributed by atoms with E-state index >= 15 is 0 Å². The van der Waals surface area contributed by atoms with Crippen molar-refractivity contribution in [3.63, 3.8) is 0 Å². The van der Waals surface area contributed by atoms with Crippen LogP contribution in [0.15, 0.2) is 84.9 Å². The molecule has 0 unspecified atom stereocenters. The molecule has 0 aromatic heterocycles. The molecule has 0 atom stereocenters. The summed E-state index contributed by atoms with van der Waals surface area (Å²) in [6, 6.07) is 35.1. The second-order valence-corrected chi connectivity index (χ2v) is 28.9. The van der Waals surface area contributed by atoms with Gasteiger partial charge >= 0.3 is 37.9 Å². The van der Waals surface area contributed by atoms with Crippen molar-refractivity contribution in [1.82, 2.24) is 0 Å². The molecule has 0 saturated carbocycles. The van der Waals surface area contributed by atoms with Crippen LogP contribution in [0, 0.1) is 13.0 Å². The summed E-state index contributed by atoms with van der Waals surface area (Å²) in [6.07, 6.45) is 0. The van der Waals surface area contributed by atoms with Crippen LogP contribution in [0.3, 0.4) is 0 Å². The number of hydrogen-bond donors (Lipinski definition) is 0. The molecule has 0 fully saturated rings. The number of halogens is 2. The Morgan fingerprint density at radius 3 is 2.00 bits per heavy atom. The summed E-state index contributed by atoms with van der Waals surface area (Å²) in [4.78, 5) is 0. The maximum Gasteiger partial charge on any atom is 0.0920 e. The molecule has 0 aliphatic carbocycles. The minimum atomic E-state index is -1.39. The van der Waals surface area contributed by atoms with Crippen LogP contribution >= 0.6 is 17.0 Å². The predicted molar refractivity (Wildman–Crippen MR) is 197 cm³/mol. The molecule has 5 aromatic carbocycles. The Labute approximate surface area is 283 Å². The molecule has 0 bridgehead atoms. The summed E-state index contributed by atoms with van der Waals surface area (Å²) in [6.45, 7) is 21.7. The molecule has 0 spiro atoms. The van der Waals surface area contributed by atoms with Crippen LogP contribution in [-0.2, 0) is 20.8 Å². The van der Waals surface area contributed by atoms with Crippen molar-refractivity contribution < 1.29 is 20.8 Å². The van der Waals surface area contributed by atoms with Gasteiger partial charge in [-0.2, -0.15) is 35.5 Å². The molecular weight excluding hydrogens is 691 g/mol. The summed E-state index contributed by atoms with van der Waals surface area (Å²) in [5.74, 6) is 0.519. The summed E-state index contributed by atoms with van der Waals surface area (Å²) >= 11 is -0.826. The standard InChI is InChI=1S/C25H35Si2.C12H7Si.2ClH.Zr/c1-17(2)23-11-10-19-12-18(3)13-24(19)25(23)20-14-21(26(4,5)6)16-22(15-20)27(7,8)9;1-3-7-11-9(5-1)10-6-2-4-8-12(10)13-11;;;/h10-17H,1-9H3;1-7H;2*1H;/q2*-1;;;+4/p-2. The Hall–Kier alpha value is -1.40. The second kappa shape index (κ2) is 14.4. The van der Waals surface area contributed by atoms with Crippen molar-refractivity contribution >= 4 is 74.2 Å². The van der Waals surface area contributed by atoms with Crippen molar-refractivity contribution in [1.29, 1.82) is 0 Å². The van der Waals surface area contributed by atoms with Crippen LogP contribution in [0.1, 0.15) is 30.9 Å². The molecule has 43 heavy (non-hydrogen) atoms. The molecule has 1 aliphatic heterocycles. The van der Waals surface area contributed by atoms with Crippen LogP contribution in [0.5, 0.6) is 0 Å². The Morgan fingerprint density at radius 1 is 0.791 bits per heavy atom. The van der Waals surface area contributed by atoms with Gasteiger partial charge < -0.3 is 0 Å². The van der Waals surface area contributed by atoms with Gasteiger partial charge in [-0.3, -0.25) is 0 Å². The third-order valence-corrected chi connectivity index (χ3v) is 13.4. The van der Waals surface area contributed by atoms with Crippen molar-refractivity contribution in [3.8, 4) is 22.3 Å². The van der Waals surface area contributed by atoms with Gasteiger partial charge in [-0.1, -0.05) is 135 Å². The van der Waals surface area contributed by atoms with Gasteiger partial charge in [-0.15, -0.1) is 40.1 Å². The molecular formula is C37H42Cl2Si3Zr. The summed E-state index contributed by atoms with van der Waals surface area (Å²) in [5.41, 5.74) is 8.51. The van der Waals surface area contributed by atoms with Gasteiger partial charge in [0.05, 0.1) is 25.7 Å². The smallest absolute Gasteiger partial charge is 0.0920 e. The third kappa shape index (κ3) is 8.26. The van der Waals surface area contributed by atoms with Crippen LogP contribution in [0.2, 0.25) is 39.3 Å². The van der Waals surface area contributed by atoms with Crippen LogP contribution < -0.4 is 20.7 Å². The summed E-state index contributed by atoms with van der Waals surface area (Å²) < 4.78 is 0. The molecule has 5 aromatic rings. The molecule has 0 saturated heterocycles. The zero-order chi connectivity index (χ0) is 31.5. The van der Waals surface area contributed by atoms with E-state index in [0.717, 1.165) is 9.52 Å². The average Bonchev–Trinajstić information content (AvgIpc) is 3.51. The van der Waals surface area contributed by atoms with Gasteiger partial charge in [-0.25, -0.2) is 0 Å². The number of benzene rings is 4. The minimum Gasteiger partial charge on any atom is -0.184 e. The van der Waals surface area contributed by atoms with Gasteiger partial charge in [-0.05, 0) is 11.5 Å². The molecule has 2 radical (unpaired) electrons. The Morgan fingerprint density at radius 2 is 1.40 bits per heavy atom. The number of hydrogen-bond acceptors (Lipinski definition) is 0. The fourth-order valence-electron chi connectivity index (χ4n) is 5.62. The first-order valence-electron chi connectivity index (χ1n) is 14.9. The first-order chi connectivity index (χ1) is 20.2. The number of aryl methyl sites for hydroxylation is 1. The first-order valence-corrected chi connectivity index (χ1v) is 29.3. The SMILES string of the molecule is Cc1cc2c(-c3cc([Si](C)(C)C)cc([Si](C)(C)C)c3)c(C(C)C)ccc2[cH-]1.[Cl][Zr+2][Cl].[c-]1cccc2c1[Si]c1ccccc1-2. The van der Waals surface area contributed by atoms with Gasteiger partial charge in [0.1, 0.15) is 0 Å². The van der Waals surface area contributed by atoms with Crippen molar-refractivity contribution in [3.05, 3.63) is 102 Å². The Kier molecular flexibility index (Phi) is 11.5. The predicted octanol–water partition coefficient (Wildman–Crippen LogP) is 9.25. The van der Waals surface area contributed by atoms with E-state index < -0.39 is 37.0 Å². The third-order valence-electron chi connectivity index (χ3n) is 7.98. The maximum atomic E-state index is 4.93. The van der Waals surface area contributed by atoms with E-state index in [1.807, 2.05) is 6.07 Å². The first kappa shape index (κ1) is 34.5. The van der Waals surface area contributed by atoms with Crippen molar-refractivity contribution in [2.24, 2.45) is 0 Å². The van der Waals surface area contributed by atoms with Crippen LogP contribution in [0.4, 0.5) is 0 Å². The Balaban J connectivity index is 0.000000217. The van der Waals surface area contributed by atoms with E-state index in [2.05, 4.69) is 145 Å². The maximum absolute atomic E-state index is 4.93. The molecule has 1 heterocycles. The fraction of sp³-hybridized carbons (Fsp3) is 0.270. The topological polar surface area (TPSA) is 0 Å².